The molecular weight excluding hydrogens is 370 g/mol. The average Bonchev–Trinajstić information content (AvgIpc) is 2.74. The molecule has 0 bridgehead atoms. The Morgan fingerprint density at radius 1 is 0.862 bits per heavy atom. The molecule has 0 spiro atoms. The first-order chi connectivity index (χ1) is 14.0. The Labute approximate surface area is 167 Å². The molecular formula is C22H19N3O4. The van der Waals surface area contributed by atoms with Gasteiger partial charge in [0.15, 0.2) is 5.78 Å². The van der Waals surface area contributed by atoms with Crippen LogP contribution in [0.1, 0.15) is 38.1 Å². The quantitative estimate of drug-likeness (QED) is 0.487. The summed E-state index contributed by atoms with van der Waals surface area (Å²) in [6.07, 6.45) is 1.51. The van der Waals surface area contributed by atoms with Crippen molar-refractivity contribution in [3.05, 3.63) is 83.7 Å². The van der Waals surface area contributed by atoms with Crippen molar-refractivity contribution in [2.24, 2.45) is 0 Å². The molecule has 1 heterocycles. The molecule has 1 aromatic heterocycles. The third kappa shape index (κ3) is 5.04. The number of hydrogen-bond acceptors (Lipinski definition) is 6. The van der Waals surface area contributed by atoms with Crippen LogP contribution in [0.25, 0.3) is 0 Å². The molecule has 0 unspecified atom stereocenters. The molecule has 0 aliphatic heterocycles. The maximum absolute atomic E-state index is 12.5. The van der Waals surface area contributed by atoms with Crippen LogP contribution in [0.3, 0.4) is 0 Å². The van der Waals surface area contributed by atoms with Crippen molar-refractivity contribution in [1.29, 1.82) is 0 Å². The Morgan fingerprint density at radius 2 is 1.59 bits per heavy atom. The summed E-state index contributed by atoms with van der Waals surface area (Å²) >= 11 is 0. The van der Waals surface area contributed by atoms with Gasteiger partial charge in [0, 0.05) is 28.8 Å². The zero-order valence-corrected chi connectivity index (χ0v) is 15.9. The van der Waals surface area contributed by atoms with Gasteiger partial charge in [0.25, 0.3) is 5.91 Å². The number of aromatic nitrogens is 1. The summed E-state index contributed by atoms with van der Waals surface area (Å²) in [5.41, 5.74) is 3.07. The predicted octanol–water partition coefficient (Wildman–Crippen LogP) is 4.07. The zero-order valence-electron chi connectivity index (χ0n) is 15.9. The summed E-state index contributed by atoms with van der Waals surface area (Å²) in [6, 6.07) is 16.8. The summed E-state index contributed by atoms with van der Waals surface area (Å²) in [5, 5.41) is 5.88. The van der Waals surface area contributed by atoms with Gasteiger partial charge in [0.2, 0.25) is 0 Å². The van der Waals surface area contributed by atoms with Crippen LogP contribution in [0.15, 0.2) is 66.9 Å². The van der Waals surface area contributed by atoms with Gasteiger partial charge in [-0.05, 0) is 61.5 Å². The highest BCUT2D eigenvalue weighted by Gasteiger charge is 2.10. The first-order valence-electron chi connectivity index (χ1n) is 8.80. The molecule has 0 aliphatic carbocycles. The van der Waals surface area contributed by atoms with Gasteiger partial charge in [-0.2, -0.15) is 0 Å². The maximum Gasteiger partial charge on any atom is 0.337 e. The minimum absolute atomic E-state index is 0.0420. The standard InChI is InChI=1S/C22H19N3O4/c1-14(26)15-6-8-17(9-7-15)25-21(27)20-13-19(10-11-23-20)24-18-5-3-4-16(12-18)22(28)29-2/h3-13H,1-2H3,(H,23,24)(H,25,27). The number of esters is 1. The molecule has 0 radical (unpaired) electrons. The molecule has 2 N–H and O–H groups in total. The van der Waals surface area contributed by atoms with E-state index in [1.54, 1.807) is 60.7 Å². The monoisotopic (exact) mass is 389 g/mol. The number of nitrogens with one attached hydrogen (secondary N) is 2. The molecule has 0 fully saturated rings. The number of carbonyl (C=O) groups is 3. The highest BCUT2D eigenvalue weighted by molar-refractivity contribution is 6.03. The highest BCUT2D eigenvalue weighted by atomic mass is 16.5. The summed E-state index contributed by atoms with van der Waals surface area (Å²) < 4.78 is 4.72. The van der Waals surface area contributed by atoms with Crippen molar-refractivity contribution < 1.29 is 19.1 Å². The van der Waals surface area contributed by atoms with Gasteiger partial charge in [-0.15, -0.1) is 0 Å². The fraction of sp³-hybridized carbons (Fsp3) is 0.0909. The van der Waals surface area contributed by atoms with E-state index in [0.29, 0.717) is 28.2 Å². The molecule has 0 atom stereocenters. The lowest BCUT2D eigenvalue weighted by atomic mass is 10.1. The summed E-state index contributed by atoms with van der Waals surface area (Å²) in [6.45, 7) is 1.48. The molecule has 3 rings (SSSR count). The van der Waals surface area contributed by atoms with E-state index in [4.69, 9.17) is 4.74 Å². The van der Waals surface area contributed by atoms with E-state index >= 15 is 0 Å². The first-order valence-corrected chi connectivity index (χ1v) is 8.80. The van der Waals surface area contributed by atoms with Crippen LogP contribution < -0.4 is 10.6 Å². The van der Waals surface area contributed by atoms with Gasteiger partial charge in [0.05, 0.1) is 12.7 Å². The maximum atomic E-state index is 12.5. The molecule has 2 aromatic carbocycles. The molecule has 0 saturated carbocycles. The number of hydrogen-bond donors (Lipinski definition) is 2. The lowest BCUT2D eigenvalue weighted by molar-refractivity contribution is 0.0600. The Morgan fingerprint density at radius 3 is 2.28 bits per heavy atom. The van der Waals surface area contributed by atoms with Crippen molar-refractivity contribution in [1.82, 2.24) is 4.98 Å². The summed E-state index contributed by atoms with van der Waals surface area (Å²) in [5.74, 6) is -0.855. The molecule has 0 saturated heterocycles. The van der Waals surface area contributed by atoms with E-state index in [0.717, 1.165) is 0 Å². The van der Waals surface area contributed by atoms with Gasteiger partial charge < -0.3 is 15.4 Å². The van der Waals surface area contributed by atoms with Crippen LogP contribution in [0.2, 0.25) is 0 Å². The number of carbonyl (C=O) groups excluding carboxylic acids is 3. The summed E-state index contributed by atoms with van der Waals surface area (Å²) in [7, 11) is 1.32. The van der Waals surface area contributed by atoms with Gasteiger partial charge >= 0.3 is 5.97 Å². The topological polar surface area (TPSA) is 97.4 Å². The molecule has 0 aliphatic rings. The lowest BCUT2D eigenvalue weighted by Gasteiger charge is -2.10. The van der Waals surface area contributed by atoms with E-state index in [1.807, 2.05) is 0 Å². The van der Waals surface area contributed by atoms with E-state index in [-0.39, 0.29) is 17.4 Å². The normalized spacial score (nSPS) is 10.1. The Kier molecular flexibility index (Phi) is 5.99. The molecule has 7 nitrogen and oxygen atoms in total. The van der Waals surface area contributed by atoms with Crippen LogP contribution in [0.4, 0.5) is 17.1 Å². The molecule has 29 heavy (non-hydrogen) atoms. The number of anilines is 3. The van der Waals surface area contributed by atoms with E-state index < -0.39 is 5.97 Å². The predicted molar refractivity (Wildman–Crippen MR) is 110 cm³/mol. The summed E-state index contributed by atoms with van der Waals surface area (Å²) in [4.78, 5) is 39.6. The van der Waals surface area contributed by atoms with Crippen LogP contribution >= 0.6 is 0 Å². The smallest absolute Gasteiger partial charge is 0.337 e. The zero-order chi connectivity index (χ0) is 20.8. The van der Waals surface area contributed by atoms with E-state index in [1.165, 1.54) is 20.2 Å². The lowest BCUT2D eigenvalue weighted by Crippen LogP contribution is -2.14. The molecule has 1 amide bonds. The second-order valence-electron chi connectivity index (χ2n) is 6.21. The van der Waals surface area contributed by atoms with Gasteiger partial charge in [-0.25, -0.2) is 4.79 Å². The Bertz CT molecular complexity index is 1060. The number of nitrogens with zero attached hydrogens (tertiary/aromatic N) is 1. The average molecular weight is 389 g/mol. The van der Waals surface area contributed by atoms with Gasteiger partial charge in [-0.1, -0.05) is 6.07 Å². The van der Waals surface area contributed by atoms with Gasteiger partial charge in [-0.3, -0.25) is 14.6 Å². The minimum atomic E-state index is -0.431. The number of methoxy groups -OCH3 is 1. The fourth-order valence-corrected chi connectivity index (χ4v) is 2.62. The highest BCUT2D eigenvalue weighted by Crippen LogP contribution is 2.19. The number of ketones is 1. The number of ether oxygens (including phenoxy) is 1. The third-order valence-corrected chi connectivity index (χ3v) is 4.11. The number of Topliss-reactive ketones (excluding diaryl/α,β-unsaturated/α-hetero) is 1. The molecule has 7 heteroatoms. The van der Waals surface area contributed by atoms with Crippen LogP contribution in [-0.4, -0.2) is 29.8 Å². The van der Waals surface area contributed by atoms with E-state index in [2.05, 4.69) is 15.6 Å². The van der Waals surface area contributed by atoms with Crippen LogP contribution in [0.5, 0.6) is 0 Å². The first kappa shape index (κ1) is 19.8. The SMILES string of the molecule is COC(=O)c1cccc(Nc2ccnc(C(=O)Nc3ccc(C(C)=O)cc3)c2)c1. The van der Waals surface area contributed by atoms with Crippen molar-refractivity contribution >= 4 is 34.7 Å². The molecule has 146 valence electrons. The number of benzene rings is 2. The number of amides is 1. The van der Waals surface area contributed by atoms with Crippen LogP contribution in [0, 0.1) is 0 Å². The number of pyridine rings is 1. The fourth-order valence-electron chi connectivity index (χ4n) is 2.62. The Balaban J connectivity index is 1.72. The molecule has 3 aromatic rings. The second kappa shape index (κ2) is 8.79. The largest absolute Gasteiger partial charge is 0.465 e. The van der Waals surface area contributed by atoms with Crippen molar-refractivity contribution in [3.8, 4) is 0 Å². The van der Waals surface area contributed by atoms with Crippen molar-refractivity contribution in [2.75, 3.05) is 17.7 Å². The second-order valence-corrected chi connectivity index (χ2v) is 6.21. The Hall–Kier alpha value is -4.00. The third-order valence-electron chi connectivity index (χ3n) is 4.11. The van der Waals surface area contributed by atoms with E-state index in [9.17, 15) is 14.4 Å². The van der Waals surface area contributed by atoms with Crippen molar-refractivity contribution in [2.45, 2.75) is 6.92 Å². The van der Waals surface area contributed by atoms with Crippen LogP contribution in [-0.2, 0) is 4.74 Å². The minimum Gasteiger partial charge on any atom is -0.465 e. The number of rotatable bonds is 6. The van der Waals surface area contributed by atoms with Crippen molar-refractivity contribution in [3.63, 3.8) is 0 Å². The van der Waals surface area contributed by atoms with Gasteiger partial charge in [0.1, 0.15) is 5.69 Å².